The molecule has 0 spiro atoms. The van der Waals surface area contributed by atoms with Crippen LogP contribution in [-0.2, 0) is 0 Å². The van der Waals surface area contributed by atoms with Crippen LogP contribution in [0.1, 0.15) is 71.8 Å². The van der Waals surface area contributed by atoms with E-state index in [1.807, 2.05) is 86.4 Å². The summed E-state index contributed by atoms with van der Waals surface area (Å²) in [6.45, 7) is 6.40. The molecule has 0 saturated heterocycles. The summed E-state index contributed by atoms with van der Waals surface area (Å²) >= 11 is 0. The summed E-state index contributed by atoms with van der Waals surface area (Å²) in [6, 6.07) is 20.6. The van der Waals surface area contributed by atoms with Crippen LogP contribution in [0.4, 0.5) is 0 Å². The van der Waals surface area contributed by atoms with Crippen molar-refractivity contribution in [2.45, 2.75) is 45.7 Å². The number of amides is 2. The van der Waals surface area contributed by atoms with Gasteiger partial charge in [0, 0.05) is 19.2 Å². The van der Waals surface area contributed by atoms with Crippen molar-refractivity contribution in [2.75, 3.05) is 25.3 Å². The number of carbonyl (C=O) groups excluding carboxylic acids is 2. The second-order valence-corrected chi connectivity index (χ2v) is 9.34. The Balaban J connectivity index is 2.05. The van der Waals surface area contributed by atoms with E-state index in [9.17, 15) is 14.4 Å². The van der Waals surface area contributed by atoms with Gasteiger partial charge in [-0.3, -0.25) is 19.4 Å². The third kappa shape index (κ3) is 5.09. The predicted octanol–water partition coefficient (Wildman–Crippen LogP) is 3.94. The van der Waals surface area contributed by atoms with E-state index in [0.717, 1.165) is 24.0 Å². The number of benzene rings is 2. The van der Waals surface area contributed by atoms with Gasteiger partial charge in [0.15, 0.2) is 11.4 Å². The van der Waals surface area contributed by atoms with E-state index < -0.39 is 11.3 Å². The van der Waals surface area contributed by atoms with Gasteiger partial charge in [-0.1, -0.05) is 74.0 Å². The molecule has 1 aliphatic rings. The molecule has 1 aliphatic heterocycles. The molecule has 194 valence electrons. The van der Waals surface area contributed by atoms with Crippen LogP contribution in [0.25, 0.3) is 0 Å². The average Bonchev–Trinajstić information content (AvgIpc) is 2.91. The molecule has 1 aromatic heterocycles. The van der Waals surface area contributed by atoms with Gasteiger partial charge in [-0.25, -0.2) is 4.68 Å². The van der Waals surface area contributed by atoms with Crippen LogP contribution in [0.15, 0.2) is 71.5 Å². The molecule has 8 nitrogen and oxygen atoms in total. The van der Waals surface area contributed by atoms with Gasteiger partial charge in [-0.2, -0.15) is 0 Å². The largest absolute Gasteiger partial charge is 0.487 e. The Kier molecular flexibility index (Phi) is 7.96. The van der Waals surface area contributed by atoms with E-state index in [1.165, 1.54) is 13.1 Å². The summed E-state index contributed by atoms with van der Waals surface area (Å²) in [4.78, 5) is 42.0. The highest BCUT2D eigenvalue weighted by Crippen LogP contribution is 2.34. The number of hydrogen-bond acceptors (Lipinski definition) is 5. The van der Waals surface area contributed by atoms with Crippen molar-refractivity contribution in [3.63, 3.8) is 0 Å². The lowest BCUT2D eigenvalue weighted by atomic mass is 9.98. The zero-order valence-electron chi connectivity index (χ0n) is 21.8. The van der Waals surface area contributed by atoms with Gasteiger partial charge in [-0.15, -0.1) is 0 Å². The van der Waals surface area contributed by atoms with Crippen LogP contribution in [0, 0.1) is 0 Å². The third-order valence-corrected chi connectivity index (χ3v) is 6.52. The average molecular weight is 503 g/mol. The molecule has 4 rings (SSSR count). The molecule has 0 unspecified atom stereocenters. The number of nitrogens with one attached hydrogen (secondary N) is 1. The van der Waals surface area contributed by atoms with E-state index in [1.54, 1.807) is 9.58 Å². The molecule has 2 aromatic carbocycles. The molecule has 0 saturated carbocycles. The zero-order chi connectivity index (χ0) is 26.5. The molecule has 37 heavy (non-hydrogen) atoms. The quantitative estimate of drug-likeness (QED) is 0.448. The maximum Gasteiger partial charge on any atom is 0.278 e. The van der Waals surface area contributed by atoms with Crippen LogP contribution in [0.3, 0.4) is 0 Å². The zero-order valence-corrected chi connectivity index (χ0v) is 21.8. The van der Waals surface area contributed by atoms with E-state index in [0.29, 0.717) is 6.61 Å². The molecule has 0 radical (unpaired) electrons. The molecule has 1 N–H and O–H groups in total. The minimum absolute atomic E-state index is 0.0265. The number of ether oxygens (including phenoxy) is 1. The summed E-state index contributed by atoms with van der Waals surface area (Å²) in [5.74, 6) is -0.837. The number of rotatable bonds is 9. The molecule has 2 heterocycles. The van der Waals surface area contributed by atoms with Gasteiger partial charge in [0.25, 0.3) is 11.8 Å². The van der Waals surface area contributed by atoms with E-state index >= 15 is 0 Å². The second-order valence-electron chi connectivity index (χ2n) is 9.34. The number of pyridine rings is 1. The highest BCUT2D eigenvalue weighted by atomic mass is 16.5. The standard InChI is InChI=1S/C29H34N4O4/c1-5-6-17-37-27-24(34)18-23(28(35)30-4)33-26(27)29(36)31(20(2)3)19-32(33)25(21-13-9-7-10-14-21)22-15-11-8-12-16-22/h7-16,18,20,25H,5-6,17,19H2,1-4H3,(H,30,35). The van der Waals surface area contributed by atoms with Crippen molar-refractivity contribution in [1.29, 1.82) is 0 Å². The Labute approximate surface area is 217 Å². The first-order valence-corrected chi connectivity index (χ1v) is 12.7. The smallest absolute Gasteiger partial charge is 0.278 e. The molecule has 2 amide bonds. The SMILES string of the molecule is CCCCOc1c2n(c(C(=O)NC)cc1=O)N(C(c1ccccc1)c1ccccc1)CN(C(C)C)C2=O. The fourth-order valence-electron chi connectivity index (χ4n) is 4.61. The summed E-state index contributed by atoms with van der Waals surface area (Å²) in [5.41, 5.74) is 1.62. The fraction of sp³-hybridized carbons (Fsp3) is 0.345. The van der Waals surface area contributed by atoms with Crippen molar-refractivity contribution < 1.29 is 14.3 Å². The first-order chi connectivity index (χ1) is 17.9. The number of carbonyl (C=O) groups is 2. The number of nitrogens with zero attached hydrogens (tertiary/aromatic N) is 3. The van der Waals surface area contributed by atoms with Gasteiger partial charge >= 0.3 is 0 Å². The van der Waals surface area contributed by atoms with Crippen LogP contribution < -0.4 is 20.5 Å². The minimum Gasteiger partial charge on any atom is -0.487 e. The maximum absolute atomic E-state index is 13.9. The molecular formula is C29H34N4O4. The molecule has 8 heteroatoms. The normalized spacial score (nSPS) is 13.2. The van der Waals surface area contributed by atoms with Crippen LogP contribution in [0.2, 0.25) is 0 Å². The van der Waals surface area contributed by atoms with Crippen molar-refractivity contribution in [3.05, 3.63) is 99.5 Å². The van der Waals surface area contributed by atoms with Gasteiger partial charge in [0.05, 0.1) is 12.6 Å². The van der Waals surface area contributed by atoms with Crippen LogP contribution >= 0.6 is 0 Å². The molecule has 3 aromatic rings. The Morgan fingerprint density at radius 2 is 1.59 bits per heavy atom. The molecule has 0 atom stereocenters. The van der Waals surface area contributed by atoms with Crippen LogP contribution in [-0.4, -0.2) is 47.8 Å². The van der Waals surface area contributed by atoms with Crippen molar-refractivity contribution >= 4 is 11.8 Å². The lowest BCUT2D eigenvalue weighted by Gasteiger charge is -2.46. The Morgan fingerprint density at radius 1 is 1.00 bits per heavy atom. The topological polar surface area (TPSA) is 83.9 Å². The highest BCUT2D eigenvalue weighted by Gasteiger charge is 2.40. The first kappa shape index (κ1) is 26.0. The van der Waals surface area contributed by atoms with Gasteiger partial charge in [0.1, 0.15) is 12.4 Å². The fourth-order valence-corrected chi connectivity index (χ4v) is 4.61. The molecule has 0 bridgehead atoms. The predicted molar refractivity (Wildman–Crippen MR) is 144 cm³/mol. The number of aromatic nitrogens is 1. The summed E-state index contributed by atoms with van der Waals surface area (Å²) in [6.07, 6.45) is 1.61. The summed E-state index contributed by atoms with van der Waals surface area (Å²) < 4.78 is 7.53. The highest BCUT2D eigenvalue weighted by molar-refractivity contribution is 6.00. The van der Waals surface area contributed by atoms with Crippen LogP contribution in [0.5, 0.6) is 5.75 Å². The van der Waals surface area contributed by atoms with Crippen molar-refractivity contribution in [1.82, 2.24) is 14.9 Å². The third-order valence-electron chi connectivity index (χ3n) is 6.52. The van der Waals surface area contributed by atoms with Crippen molar-refractivity contribution in [3.8, 4) is 5.75 Å². The van der Waals surface area contributed by atoms with Gasteiger partial charge in [-0.05, 0) is 31.4 Å². The lowest BCUT2D eigenvalue weighted by molar-refractivity contribution is 0.0615. The Morgan fingerprint density at radius 3 is 2.11 bits per heavy atom. The Hall–Kier alpha value is -4.07. The molecule has 0 fully saturated rings. The van der Waals surface area contributed by atoms with E-state index in [-0.39, 0.29) is 41.8 Å². The van der Waals surface area contributed by atoms with E-state index in [2.05, 4.69) is 5.32 Å². The first-order valence-electron chi connectivity index (χ1n) is 12.7. The van der Waals surface area contributed by atoms with Gasteiger partial charge in [0.2, 0.25) is 5.43 Å². The molecular weight excluding hydrogens is 468 g/mol. The number of hydrogen-bond donors (Lipinski definition) is 1. The second kappa shape index (κ2) is 11.3. The van der Waals surface area contributed by atoms with Crippen molar-refractivity contribution in [2.24, 2.45) is 0 Å². The number of fused-ring (bicyclic) bond motifs is 1. The minimum atomic E-state index is -0.490. The summed E-state index contributed by atoms with van der Waals surface area (Å²) in [5, 5.41) is 4.60. The monoisotopic (exact) mass is 502 g/mol. The number of unbranched alkanes of at least 4 members (excludes halogenated alkanes) is 1. The van der Waals surface area contributed by atoms with E-state index in [4.69, 9.17) is 4.74 Å². The Bertz CT molecular complexity index is 1270. The molecule has 0 aliphatic carbocycles. The summed E-state index contributed by atoms with van der Waals surface area (Å²) in [7, 11) is 1.51. The van der Waals surface area contributed by atoms with Gasteiger partial charge < -0.3 is 15.0 Å². The maximum atomic E-state index is 13.9. The lowest BCUT2D eigenvalue weighted by Crippen LogP contribution is -2.58.